The minimum atomic E-state index is -4.56. The molecule has 1 aliphatic rings. The van der Waals surface area contributed by atoms with E-state index in [4.69, 9.17) is 11.6 Å². The predicted molar refractivity (Wildman–Crippen MR) is 91.7 cm³/mol. The van der Waals surface area contributed by atoms with E-state index in [2.05, 4.69) is 16.0 Å². The van der Waals surface area contributed by atoms with Gasteiger partial charge in [0.15, 0.2) is 5.69 Å². The third-order valence-corrected chi connectivity index (χ3v) is 4.87. The molecule has 0 bridgehead atoms. The molecular weight excluding hydrogens is 365 g/mol. The topological polar surface area (TPSA) is 52.8 Å². The van der Waals surface area contributed by atoms with Gasteiger partial charge in [-0.05, 0) is 37.0 Å². The smallest absolute Gasteiger partial charge is 0.370 e. The van der Waals surface area contributed by atoms with E-state index in [-0.39, 0.29) is 10.7 Å². The monoisotopic (exact) mass is 380 g/mol. The Morgan fingerprint density at radius 1 is 1.27 bits per heavy atom. The van der Waals surface area contributed by atoms with E-state index >= 15 is 0 Å². The quantitative estimate of drug-likeness (QED) is 0.786. The molecule has 0 aliphatic carbocycles. The molecule has 2 aromatic heterocycles. The van der Waals surface area contributed by atoms with Gasteiger partial charge < -0.3 is 4.90 Å². The lowest BCUT2D eigenvalue weighted by Gasteiger charge is -2.39. The summed E-state index contributed by atoms with van der Waals surface area (Å²) >= 11 is 5.86. The van der Waals surface area contributed by atoms with Crippen LogP contribution in [0.15, 0.2) is 36.8 Å². The first-order chi connectivity index (χ1) is 12.3. The highest BCUT2D eigenvalue weighted by Crippen LogP contribution is 2.40. The van der Waals surface area contributed by atoms with E-state index in [1.165, 1.54) is 6.07 Å². The standard InChI is InChI=1S/C18H16ClF3N4/c19-14-8-15(16(25-11-14)18(20,21)22)26-6-3-17(12-23,4-7-26)9-13-2-1-5-24-10-13/h1-2,5,8,10-11H,3-4,6-7,9H2. The third kappa shape index (κ3) is 3.91. The number of alkyl halides is 3. The second-order valence-electron chi connectivity index (χ2n) is 6.44. The first-order valence-electron chi connectivity index (χ1n) is 8.11. The lowest BCUT2D eigenvalue weighted by Crippen LogP contribution is -2.41. The number of hydrogen-bond donors (Lipinski definition) is 0. The van der Waals surface area contributed by atoms with Crippen LogP contribution >= 0.6 is 11.6 Å². The summed E-state index contributed by atoms with van der Waals surface area (Å²) in [6.45, 7) is 0.665. The molecule has 26 heavy (non-hydrogen) atoms. The Morgan fingerprint density at radius 3 is 2.58 bits per heavy atom. The van der Waals surface area contributed by atoms with Crippen molar-refractivity contribution in [1.29, 1.82) is 5.26 Å². The Labute approximate surface area is 154 Å². The first kappa shape index (κ1) is 18.5. The number of hydrogen-bond acceptors (Lipinski definition) is 4. The second-order valence-corrected chi connectivity index (χ2v) is 6.87. The molecule has 0 saturated carbocycles. The molecule has 0 amide bonds. The lowest BCUT2D eigenvalue weighted by molar-refractivity contribution is -0.140. The number of halogens is 4. The molecule has 3 rings (SSSR count). The molecule has 0 spiro atoms. The van der Waals surface area contributed by atoms with Gasteiger partial charge in [-0.2, -0.15) is 18.4 Å². The number of anilines is 1. The highest BCUT2D eigenvalue weighted by molar-refractivity contribution is 6.30. The summed E-state index contributed by atoms with van der Waals surface area (Å²) in [6, 6.07) is 7.38. The number of pyridine rings is 2. The fourth-order valence-electron chi connectivity index (χ4n) is 3.29. The van der Waals surface area contributed by atoms with E-state index in [0.29, 0.717) is 32.4 Å². The number of nitriles is 1. The number of aromatic nitrogens is 2. The molecule has 0 unspecified atom stereocenters. The highest BCUT2D eigenvalue weighted by Gasteiger charge is 2.40. The van der Waals surface area contributed by atoms with Gasteiger partial charge in [-0.25, -0.2) is 4.98 Å². The molecule has 3 heterocycles. The maximum atomic E-state index is 13.2. The van der Waals surface area contributed by atoms with Crippen molar-refractivity contribution >= 4 is 17.3 Å². The Balaban J connectivity index is 1.80. The van der Waals surface area contributed by atoms with E-state index in [1.54, 1.807) is 17.3 Å². The van der Waals surface area contributed by atoms with Gasteiger partial charge in [0.05, 0.1) is 22.2 Å². The third-order valence-electron chi connectivity index (χ3n) is 4.67. The molecule has 1 fully saturated rings. The fraction of sp³-hybridized carbons (Fsp3) is 0.389. The molecule has 0 N–H and O–H groups in total. The van der Waals surface area contributed by atoms with E-state index in [9.17, 15) is 18.4 Å². The van der Waals surface area contributed by atoms with Gasteiger partial charge in [-0.3, -0.25) is 4.98 Å². The molecule has 8 heteroatoms. The molecule has 0 aromatic carbocycles. The van der Waals surface area contributed by atoms with Crippen molar-refractivity contribution in [1.82, 2.24) is 9.97 Å². The van der Waals surface area contributed by atoms with Crippen molar-refractivity contribution in [2.24, 2.45) is 5.41 Å². The van der Waals surface area contributed by atoms with Crippen LogP contribution < -0.4 is 4.90 Å². The van der Waals surface area contributed by atoms with E-state index in [1.807, 2.05) is 12.1 Å². The summed E-state index contributed by atoms with van der Waals surface area (Å²) in [5, 5.41) is 9.84. The number of piperidine rings is 1. The summed E-state index contributed by atoms with van der Waals surface area (Å²) in [6.07, 6.45) is 1.28. The summed E-state index contributed by atoms with van der Waals surface area (Å²) < 4.78 is 39.7. The van der Waals surface area contributed by atoms with Gasteiger partial charge in [0.2, 0.25) is 0 Å². The van der Waals surface area contributed by atoms with Crippen LogP contribution in [0, 0.1) is 16.7 Å². The van der Waals surface area contributed by atoms with Crippen molar-refractivity contribution in [2.75, 3.05) is 18.0 Å². The van der Waals surface area contributed by atoms with Crippen LogP contribution in [0.25, 0.3) is 0 Å². The Kier molecular flexibility index (Phi) is 5.05. The van der Waals surface area contributed by atoms with Crippen LogP contribution in [-0.2, 0) is 12.6 Å². The number of rotatable bonds is 3. The molecule has 0 radical (unpaired) electrons. The SMILES string of the molecule is N#CC1(Cc2cccnc2)CCN(c2cc(Cl)cnc2C(F)(F)F)CC1. The Hall–Kier alpha value is -2.33. The van der Waals surface area contributed by atoms with Crippen LogP contribution in [-0.4, -0.2) is 23.1 Å². The zero-order chi connectivity index (χ0) is 18.8. The molecule has 0 atom stereocenters. The predicted octanol–water partition coefficient (Wildman–Crippen LogP) is 4.50. The van der Waals surface area contributed by atoms with Gasteiger partial charge in [-0.1, -0.05) is 17.7 Å². The zero-order valence-electron chi connectivity index (χ0n) is 13.8. The van der Waals surface area contributed by atoms with Gasteiger partial charge in [0.25, 0.3) is 0 Å². The van der Waals surface area contributed by atoms with E-state index in [0.717, 1.165) is 11.8 Å². The summed E-state index contributed by atoms with van der Waals surface area (Å²) in [5.41, 5.74) is -0.636. The molecule has 136 valence electrons. The van der Waals surface area contributed by atoms with E-state index < -0.39 is 17.3 Å². The lowest BCUT2D eigenvalue weighted by atomic mass is 9.75. The molecule has 1 aliphatic heterocycles. The maximum absolute atomic E-state index is 13.2. The molecule has 4 nitrogen and oxygen atoms in total. The van der Waals surface area contributed by atoms with Crippen molar-refractivity contribution in [2.45, 2.75) is 25.4 Å². The van der Waals surface area contributed by atoms with Crippen LogP contribution in [0.1, 0.15) is 24.1 Å². The average molecular weight is 381 g/mol. The van der Waals surface area contributed by atoms with Crippen LogP contribution in [0.3, 0.4) is 0 Å². The van der Waals surface area contributed by atoms with Crippen molar-refractivity contribution in [3.05, 3.63) is 53.1 Å². The largest absolute Gasteiger partial charge is 0.435 e. The fourth-order valence-corrected chi connectivity index (χ4v) is 3.44. The Bertz CT molecular complexity index is 809. The second kappa shape index (κ2) is 7.12. The molecule has 1 saturated heterocycles. The first-order valence-corrected chi connectivity index (χ1v) is 8.49. The summed E-state index contributed by atoms with van der Waals surface area (Å²) in [7, 11) is 0. The van der Waals surface area contributed by atoms with Crippen LogP contribution in [0.2, 0.25) is 5.02 Å². The highest BCUT2D eigenvalue weighted by atomic mass is 35.5. The average Bonchev–Trinajstić information content (AvgIpc) is 2.62. The normalized spacial score (nSPS) is 17.0. The van der Waals surface area contributed by atoms with Crippen LogP contribution in [0.4, 0.5) is 18.9 Å². The summed E-state index contributed by atoms with van der Waals surface area (Å²) in [5.74, 6) is 0. The zero-order valence-corrected chi connectivity index (χ0v) is 14.6. The van der Waals surface area contributed by atoms with Gasteiger partial charge >= 0.3 is 6.18 Å². The Morgan fingerprint density at radius 2 is 2.00 bits per heavy atom. The maximum Gasteiger partial charge on any atom is 0.435 e. The number of nitrogens with zero attached hydrogens (tertiary/aromatic N) is 4. The summed E-state index contributed by atoms with van der Waals surface area (Å²) in [4.78, 5) is 9.15. The van der Waals surface area contributed by atoms with Gasteiger partial charge in [-0.15, -0.1) is 0 Å². The van der Waals surface area contributed by atoms with Crippen molar-refractivity contribution in [3.63, 3.8) is 0 Å². The van der Waals surface area contributed by atoms with Gasteiger partial charge in [0.1, 0.15) is 0 Å². The minimum Gasteiger partial charge on any atom is -0.370 e. The van der Waals surface area contributed by atoms with Crippen LogP contribution in [0.5, 0.6) is 0 Å². The van der Waals surface area contributed by atoms with Crippen molar-refractivity contribution < 1.29 is 13.2 Å². The van der Waals surface area contributed by atoms with Crippen molar-refractivity contribution in [3.8, 4) is 6.07 Å². The molecule has 2 aromatic rings. The molecular formula is C18H16ClF3N4. The van der Waals surface area contributed by atoms with Gasteiger partial charge in [0, 0.05) is 31.7 Å². The minimum absolute atomic E-state index is 0.0297.